The molecule has 0 aliphatic carbocycles. The second-order valence-corrected chi connectivity index (χ2v) is 8.18. The van der Waals surface area contributed by atoms with Crippen LogP contribution in [-0.2, 0) is 13.1 Å². The molecule has 0 spiro atoms. The van der Waals surface area contributed by atoms with E-state index in [1.807, 2.05) is 36.4 Å². The van der Waals surface area contributed by atoms with Gasteiger partial charge < -0.3 is 29.6 Å². The number of rotatable bonds is 7. The Morgan fingerprint density at radius 3 is 2.47 bits per heavy atom. The molecule has 0 radical (unpaired) electrons. The van der Waals surface area contributed by atoms with Crippen molar-refractivity contribution in [3.63, 3.8) is 0 Å². The smallest absolute Gasteiger partial charge is 0.319 e. The maximum absolute atomic E-state index is 13.4. The highest BCUT2D eigenvalue weighted by atomic mass is 16.5. The molecule has 3 heterocycles. The summed E-state index contributed by atoms with van der Waals surface area (Å²) >= 11 is 0. The van der Waals surface area contributed by atoms with Crippen molar-refractivity contribution in [1.29, 1.82) is 0 Å². The van der Waals surface area contributed by atoms with Crippen molar-refractivity contribution < 1.29 is 23.7 Å². The van der Waals surface area contributed by atoms with E-state index in [0.29, 0.717) is 63.9 Å². The number of ether oxygens (including phenoxy) is 4. The molecule has 184 valence electrons. The lowest BCUT2D eigenvalue weighted by Crippen LogP contribution is -2.23. The molecule has 5 rings (SSSR count). The van der Waals surface area contributed by atoms with Gasteiger partial charge >= 0.3 is 6.01 Å². The highest BCUT2D eigenvalue weighted by Gasteiger charge is 2.33. The van der Waals surface area contributed by atoms with Crippen LogP contribution in [0.25, 0.3) is 22.0 Å². The zero-order valence-electron chi connectivity index (χ0n) is 20.4. The number of hydrogen-bond acceptors (Lipinski definition) is 9. The summed E-state index contributed by atoms with van der Waals surface area (Å²) in [6, 6.07) is 11.4. The summed E-state index contributed by atoms with van der Waals surface area (Å²) in [5.74, 6) is 1.41. The monoisotopic (exact) mass is 487 g/mol. The van der Waals surface area contributed by atoms with Crippen LogP contribution in [0, 0.1) is 0 Å². The third-order valence-corrected chi connectivity index (χ3v) is 6.19. The minimum absolute atomic E-state index is 0.164. The fourth-order valence-electron chi connectivity index (χ4n) is 4.46. The Hall–Kier alpha value is -4.60. The molecule has 1 aliphatic rings. The highest BCUT2D eigenvalue weighted by Crippen LogP contribution is 2.39. The maximum Gasteiger partial charge on any atom is 0.319 e. The number of carbonyl (C=O) groups is 1. The molecule has 0 unspecified atom stereocenters. The Balaban J connectivity index is 1.55. The molecule has 10 nitrogen and oxygen atoms in total. The zero-order chi connectivity index (χ0) is 25.4. The molecule has 0 bridgehead atoms. The van der Waals surface area contributed by atoms with Crippen LogP contribution >= 0.6 is 0 Å². The number of para-hydroxylation sites is 1. The van der Waals surface area contributed by atoms with E-state index in [2.05, 4.69) is 9.97 Å². The fourth-order valence-corrected chi connectivity index (χ4v) is 4.46. The molecule has 0 saturated carbocycles. The predicted octanol–water partition coefficient (Wildman–Crippen LogP) is 3.46. The van der Waals surface area contributed by atoms with Gasteiger partial charge in [0, 0.05) is 23.7 Å². The minimum atomic E-state index is -0.164. The Morgan fingerprint density at radius 1 is 0.944 bits per heavy atom. The van der Waals surface area contributed by atoms with E-state index in [-0.39, 0.29) is 11.9 Å². The standard InChI is InChI=1S/C26H25N5O5/c1-33-19-9-8-14(10-20(19)34-2)12-31-13-18-21(25(31)32)22(27)16-7-5-6-15(23(16)29-18)17-11-28-26(36-4)30-24(17)35-3/h5-11H,12-13H2,1-4H3,(H2,27,29). The number of carbonyl (C=O) groups excluding carboxylic acids is 1. The van der Waals surface area contributed by atoms with E-state index in [4.69, 9.17) is 29.7 Å². The summed E-state index contributed by atoms with van der Waals surface area (Å²) in [5.41, 5.74) is 10.9. The van der Waals surface area contributed by atoms with Crippen molar-refractivity contribution in [3.8, 4) is 34.5 Å². The van der Waals surface area contributed by atoms with Crippen molar-refractivity contribution in [2.75, 3.05) is 34.2 Å². The van der Waals surface area contributed by atoms with Gasteiger partial charge in [-0.05, 0) is 17.7 Å². The number of anilines is 1. The van der Waals surface area contributed by atoms with Crippen molar-refractivity contribution in [1.82, 2.24) is 19.9 Å². The molecule has 1 amide bonds. The number of aromatic nitrogens is 3. The number of nitrogen functional groups attached to an aromatic ring is 1. The van der Waals surface area contributed by atoms with E-state index >= 15 is 0 Å². The summed E-state index contributed by atoms with van der Waals surface area (Å²) in [5, 5.41) is 0.672. The number of nitrogens with zero attached hydrogens (tertiary/aromatic N) is 4. The SMILES string of the molecule is COc1ncc(-c2cccc3c(N)c4c(nc23)CN(Cc2ccc(OC)c(OC)c2)C4=O)c(OC)n1. The van der Waals surface area contributed by atoms with Gasteiger partial charge in [0.05, 0.1) is 63.0 Å². The topological polar surface area (TPSA) is 122 Å². The summed E-state index contributed by atoms with van der Waals surface area (Å²) < 4.78 is 21.3. The lowest BCUT2D eigenvalue weighted by Gasteiger charge is -2.17. The third kappa shape index (κ3) is 3.76. The van der Waals surface area contributed by atoms with Crippen LogP contribution in [0.15, 0.2) is 42.6 Å². The van der Waals surface area contributed by atoms with Crippen LogP contribution in [0.3, 0.4) is 0 Å². The zero-order valence-corrected chi connectivity index (χ0v) is 20.4. The van der Waals surface area contributed by atoms with Crippen molar-refractivity contribution in [2.24, 2.45) is 0 Å². The van der Waals surface area contributed by atoms with Gasteiger partial charge in [0.15, 0.2) is 11.5 Å². The van der Waals surface area contributed by atoms with Gasteiger partial charge in [0.25, 0.3) is 5.91 Å². The lowest BCUT2D eigenvalue weighted by atomic mass is 10.0. The molecule has 0 saturated heterocycles. The molecule has 4 aromatic rings. The van der Waals surface area contributed by atoms with E-state index in [9.17, 15) is 4.79 Å². The van der Waals surface area contributed by atoms with E-state index < -0.39 is 0 Å². The second kappa shape index (κ2) is 9.21. The van der Waals surface area contributed by atoms with Crippen molar-refractivity contribution >= 4 is 22.5 Å². The van der Waals surface area contributed by atoms with Gasteiger partial charge in [-0.2, -0.15) is 4.98 Å². The summed E-state index contributed by atoms with van der Waals surface area (Å²) in [4.78, 5) is 28.5. The Morgan fingerprint density at radius 2 is 1.75 bits per heavy atom. The van der Waals surface area contributed by atoms with E-state index in [1.165, 1.54) is 14.2 Å². The Labute approximate surface area is 207 Å². The molecule has 0 fully saturated rings. The van der Waals surface area contributed by atoms with Crippen LogP contribution in [0.4, 0.5) is 5.69 Å². The first-order valence-electron chi connectivity index (χ1n) is 11.2. The average molecular weight is 488 g/mol. The van der Waals surface area contributed by atoms with Crippen LogP contribution in [0.1, 0.15) is 21.6 Å². The average Bonchev–Trinajstić information content (AvgIpc) is 3.22. The van der Waals surface area contributed by atoms with Crippen LogP contribution in [0.5, 0.6) is 23.4 Å². The number of benzene rings is 2. The Kier molecular flexibility index (Phi) is 5.93. The second-order valence-electron chi connectivity index (χ2n) is 8.18. The van der Waals surface area contributed by atoms with Crippen molar-refractivity contribution in [2.45, 2.75) is 13.1 Å². The molecular formula is C26H25N5O5. The number of pyridine rings is 1. The van der Waals surface area contributed by atoms with Gasteiger partial charge in [-0.15, -0.1) is 0 Å². The molecule has 1 aliphatic heterocycles. The van der Waals surface area contributed by atoms with E-state index in [1.54, 1.807) is 25.3 Å². The summed E-state index contributed by atoms with van der Waals surface area (Å²) in [6.07, 6.45) is 1.62. The lowest BCUT2D eigenvalue weighted by molar-refractivity contribution is 0.0767. The largest absolute Gasteiger partial charge is 0.493 e. The minimum Gasteiger partial charge on any atom is -0.493 e. The van der Waals surface area contributed by atoms with Gasteiger partial charge in [-0.3, -0.25) is 4.79 Å². The molecule has 2 N–H and O–H groups in total. The molecule has 2 aromatic heterocycles. The number of methoxy groups -OCH3 is 4. The van der Waals surface area contributed by atoms with Crippen LogP contribution in [-0.4, -0.2) is 54.2 Å². The summed E-state index contributed by atoms with van der Waals surface area (Å²) in [6.45, 7) is 0.700. The number of nitrogens with two attached hydrogens (primary N) is 1. The first-order valence-corrected chi connectivity index (χ1v) is 11.2. The normalized spacial score (nSPS) is 12.6. The van der Waals surface area contributed by atoms with Gasteiger partial charge in [-0.25, -0.2) is 9.97 Å². The molecule has 0 atom stereocenters. The van der Waals surface area contributed by atoms with Gasteiger partial charge in [-0.1, -0.05) is 24.3 Å². The first-order chi connectivity index (χ1) is 17.5. The predicted molar refractivity (Wildman–Crippen MR) is 133 cm³/mol. The third-order valence-electron chi connectivity index (χ3n) is 6.19. The fraction of sp³-hybridized carbons (Fsp3) is 0.231. The van der Waals surface area contributed by atoms with Crippen LogP contribution in [0.2, 0.25) is 0 Å². The summed E-state index contributed by atoms with van der Waals surface area (Å²) in [7, 11) is 6.18. The quantitative estimate of drug-likeness (QED) is 0.417. The number of fused-ring (bicyclic) bond motifs is 2. The Bertz CT molecular complexity index is 1490. The number of amides is 1. The maximum atomic E-state index is 13.4. The first kappa shape index (κ1) is 23.2. The van der Waals surface area contributed by atoms with Gasteiger partial charge in [0.2, 0.25) is 5.88 Å². The molecular weight excluding hydrogens is 462 g/mol. The van der Waals surface area contributed by atoms with E-state index in [0.717, 1.165) is 11.1 Å². The molecule has 36 heavy (non-hydrogen) atoms. The van der Waals surface area contributed by atoms with Gasteiger partial charge in [0.1, 0.15) is 0 Å². The highest BCUT2D eigenvalue weighted by molar-refractivity contribution is 6.11. The number of hydrogen-bond donors (Lipinski definition) is 1. The molecule has 10 heteroatoms. The molecule has 2 aromatic carbocycles. The van der Waals surface area contributed by atoms with Crippen molar-refractivity contribution in [3.05, 3.63) is 59.4 Å². The van der Waals surface area contributed by atoms with Crippen LogP contribution < -0.4 is 24.7 Å².